The molecule has 1 saturated heterocycles. The Morgan fingerprint density at radius 3 is 2.79 bits per heavy atom. The minimum atomic E-state index is 0.0310. The standard InChI is InChI=1S/C14H19N3OS/c1-16(2)10-3-6-17(7-4-10)13-9-12-11(5-8-19-12)14(18)15-13/h5,8-10H,3-4,6-7H2,1-2H3,(H,15,18). The summed E-state index contributed by atoms with van der Waals surface area (Å²) < 4.78 is 1.08. The number of nitrogens with one attached hydrogen (secondary N) is 1. The van der Waals surface area contributed by atoms with Crippen molar-refractivity contribution >= 4 is 27.2 Å². The van der Waals surface area contributed by atoms with Crippen molar-refractivity contribution in [3.05, 3.63) is 27.9 Å². The third kappa shape index (κ3) is 2.40. The molecule has 0 amide bonds. The maximum absolute atomic E-state index is 12.0. The summed E-state index contributed by atoms with van der Waals surface area (Å²) in [5.74, 6) is 0.970. The van der Waals surface area contributed by atoms with Crippen LogP contribution in [-0.2, 0) is 0 Å². The molecular weight excluding hydrogens is 258 g/mol. The summed E-state index contributed by atoms with van der Waals surface area (Å²) in [4.78, 5) is 19.6. The van der Waals surface area contributed by atoms with E-state index in [9.17, 15) is 4.79 Å². The van der Waals surface area contributed by atoms with Gasteiger partial charge in [-0.15, -0.1) is 11.3 Å². The Balaban J connectivity index is 1.83. The van der Waals surface area contributed by atoms with E-state index in [1.807, 2.05) is 11.4 Å². The first-order valence-electron chi connectivity index (χ1n) is 6.67. The van der Waals surface area contributed by atoms with E-state index < -0.39 is 0 Å². The van der Waals surface area contributed by atoms with E-state index in [-0.39, 0.29) is 5.56 Å². The van der Waals surface area contributed by atoms with Crippen LogP contribution in [0.5, 0.6) is 0 Å². The first kappa shape index (κ1) is 12.7. The molecular formula is C14H19N3OS. The van der Waals surface area contributed by atoms with Crippen LogP contribution >= 0.6 is 11.3 Å². The van der Waals surface area contributed by atoms with Crippen molar-refractivity contribution in [1.29, 1.82) is 0 Å². The van der Waals surface area contributed by atoms with Crippen molar-refractivity contribution in [2.24, 2.45) is 0 Å². The van der Waals surface area contributed by atoms with Crippen molar-refractivity contribution in [3.63, 3.8) is 0 Å². The number of hydrogen-bond donors (Lipinski definition) is 1. The molecule has 102 valence electrons. The topological polar surface area (TPSA) is 39.3 Å². The molecule has 19 heavy (non-hydrogen) atoms. The number of aromatic amines is 1. The van der Waals surface area contributed by atoms with Crippen LogP contribution in [0, 0.1) is 0 Å². The molecule has 5 heteroatoms. The van der Waals surface area contributed by atoms with Gasteiger partial charge in [0.25, 0.3) is 5.56 Å². The Bertz CT molecular complexity index is 623. The Morgan fingerprint density at radius 1 is 1.37 bits per heavy atom. The lowest BCUT2D eigenvalue weighted by Gasteiger charge is -2.36. The zero-order valence-electron chi connectivity index (χ0n) is 11.3. The summed E-state index contributed by atoms with van der Waals surface area (Å²) in [6.07, 6.45) is 2.30. The number of piperidine rings is 1. The number of thiophene rings is 1. The molecule has 0 atom stereocenters. The maximum Gasteiger partial charge on any atom is 0.258 e. The first-order valence-corrected chi connectivity index (χ1v) is 7.55. The molecule has 1 N–H and O–H groups in total. The monoisotopic (exact) mass is 277 g/mol. The number of hydrogen-bond acceptors (Lipinski definition) is 4. The maximum atomic E-state index is 12.0. The van der Waals surface area contributed by atoms with Gasteiger partial charge in [0.05, 0.1) is 5.39 Å². The molecule has 0 aromatic carbocycles. The molecule has 3 rings (SSSR count). The minimum absolute atomic E-state index is 0.0310. The van der Waals surface area contributed by atoms with Gasteiger partial charge in [0.2, 0.25) is 0 Å². The molecule has 3 heterocycles. The molecule has 0 spiro atoms. The Morgan fingerprint density at radius 2 is 2.11 bits per heavy atom. The highest BCUT2D eigenvalue weighted by molar-refractivity contribution is 7.17. The smallest absolute Gasteiger partial charge is 0.258 e. The molecule has 2 aromatic heterocycles. The average molecular weight is 277 g/mol. The molecule has 0 saturated carbocycles. The van der Waals surface area contributed by atoms with Crippen LogP contribution in [0.4, 0.5) is 5.82 Å². The van der Waals surface area contributed by atoms with Crippen LogP contribution in [0.3, 0.4) is 0 Å². The van der Waals surface area contributed by atoms with Gasteiger partial charge in [0.15, 0.2) is 0 Å². The third-order valence-corrected chi connectivity index (χ3v) is 4.85. The van der Waals surface area contributed by atoms with Gasteiger partial charge in [-0.05, 0) is 44.4 Å². The zero-order valence-corrected chi connectivity index (χ0v) is 12.2. The second-order valence-electron chi connectivity index (χ2n) is 5.36. The van der Waals surface area contributed by atoms with Gasteiger partial charge in [-0.1, -0.05) is 0 Å². The Kier molecular flexibility index (Phi) is 3.33. The predicted octanol–water partition coefficient (Wildman–Crippen LogP) is 2.12. The third-order valence-electron chi connectivity index (χ3n) is 3.98. The lowest BCUT2D eigenvalue weighted by molar-refractivity contribution is 0.249. The first-order chi connectivity index (χ1) is 9.15. The normalized spacial score (nSPS) is 17.5. The number of H-pyrrole nitrogens is 1. The van der Waals surface area contributed by atoms with Gasteiger partial charge in [-0.25, -0.2) is 0 Å². The van der Waals surface area contributed by atoms with Crippen molar-refractivity contribution in [2.45, 2.75) is 18.9 Å². The highest BCUT2D eigenvalue weighted by Gasteiger charge is 2.21. The lowest BCUT2D eigenvalue weighted by atomic mass is 10.0. The summed E-state index contributed by atoms with van der Waals surface area (Å²) in [5.41, 5.74) is 0.0310. The fourth-order valence-electron chi connectivity index (χ4n) is 2.76. The molecule has 0 aliphatic carbocycles. The number of rotatable bonds is 2. The summed E-state index contributed by atoms with van der Waals surface area (Å²) in [6.45, 7) is 2.02. The molecule has 0 unspecified atom stereocenters. The highest BCUT2D eigenvalue weighted by Crippen LogP contribution is 2.24. The van der Waals surface area contributed by atoms with E-state index in [4.69, 9.17) is 0 Å². The van der Waals surface area contributed by atoms with E-state index in [0.29, 0.717) is 6.04 Å². The Hall–Kier alpha value is -1.33. The molecule has 1 aliphatic rings. The second kappa shape index (κ2) is 4.98. The van der Waals surface area contributed by atoms with Crippen LogP contribution in [-0.4, -0.2) is 43.1 Å². The minimum Gasteiger partial charge on any atom is -0.358 e. The van der Waals surface area contributed by atoms with Gasteiger partial charge in [0, 0.05) is 23.8 Å². The summed E-state index contributed by atoms with van der Waals surface area (Å²) >= 11 is 1.63. The quantitative estimate of drug-likeness (QED) is 0.914. The van der Waals surface area contributed by atoms with Crippen LogP contribution < -0.4 is 10.5 Å². The van der Waals surface area contributed by atoms with Crippen molar-refractivity contribution < 1.29 is 0 Å². The summed E-state index contributed by atoms with van der Waals surface area (Å²) in [5, 5.41) is 2.78. The van der Waals surface area contributed by atoms with Crippen LogP contribution in [0.15, 0.2) is 22.3 Å². The molecule has 2 aromatic rings. The molecule has 0 radical (unpaired) electrons. The van der Waals surface area contributed by atoms with E-state index in [2.05, 4.69) is 34.9 Å². The summed E-state index contributed by atoms with van der Waals surface area (Å²) in [6, 6.07) is 4.66. The fourth-order valence-corrected chi connectivity index (χ4v) is 3.58. The van der Waals surface area contributed by atoms with Gasteiger partial charge >= 0.3 is 0 Å². The average Bonchev–Trinajstić information content (AvgIpc) is 2.87. The molecule has 1 aliphatic heterocycles. The van der Waals surface area contributed by atoms with Crippen LogP contribution in [0.25, 0.3) is 10.1 Å². The van der Waals surface area contributed by atoms with E-state index in [0.717, 1.165) is 41.8 Å². The Labute approximate surface area is 116 Å². The van der Waals surface area contributed by atoms with Crippen molar-refractivity contribution in [3.8, 4) is 0 Å². The predicted molar refractivity (Wildman–Crippen MR) is 81.4 cm³/mol. The number of anilines is 1. The SMILES string of the molecule is CN(C)C1CCN(c2cc3sccc3c(=O)[nH]2)CC1. The number of aromatic nitrogens is 1. The van der Waals surface area contributed by atoms with Crippen molar-refractivity contribution in [1.82, 2.24) is 9.88 Å². The van der Waals surface area contributed by atoms with Gasteiger partial charge in [-0.2, -0.15) is 0 Å². The van der Waals surface area contributed by atoms with E-state index in [1.165, 1.54) is 0 Å². The lowest BCUT2D eigenvalue weighted by Crippen LogP contribution is -2.42. The highest BCUT2D eigenvalue weighted by atomic mass is 32.1. The van der Waals surface area contributed by atoms with Gasteiger partial charge in [0.1, 0.15) is 5.82 Å². The molecule has 0 bridgehead atoms. The molecule has 1 fully saturated rings. The van der Waals surface area contributed by atoms with Gasteiger partial charge in [-0.3, -0.25) is 4.79 Å². The van der Waals surface area contributed by atoms with Crippen LogP contribution in [0.1, 0.15) is 12.8 Å². The zero-order chi connectivity index (χ0) is 13.4. The van der Waals surface area contributed by atoms with Crippen LogP contribution in [0.2, 0.25) is 0 Å². The van der Waals surface area contributed by atoms with E-state index >= 15 is 0 Å². The van der Waals surface area contributed by atoms with Crippen molar-refractivity contribution in [2.75, 3.05) is 32.1 Å². The number of pyridine rings is 1. The number of fused-ring (bicyclic) bond motifs is 1. The largest absolute Gasteiger partial charge is 0.358 e. The number of nitrogens with zero attached hydrogens (tertiary/aromatic N) is 2. The van der Waals surface area contributed by atoms with E-state index in [1.54, 1.807) is 11.3 Å². The van der Waals surface area contributed by atoms with Gasteiger partial charge < -0.3 is 14.8 Å². The molecule has 4 nitrogen and oxygen atoms in total. The fraction of sp³-hybridized carbons (Fsp3) is 0.500. The summed E-state index contributed by atoms with van der Waals surface area (Å²) in [7, 11) is 4.28. The second-order valence-corrected chi connectivity index (χ2v) is 6.31.